The summed E-state index contributed by atoms with van der Waals surface area (Å²) < 4.78 is 0. The minimum absolute atomic E-state index is 0.108. The SMILES string of the molecule is CC(=O)Nc1cccc(C(C)=NNC(=S)Nc2ccc(C)cc2C)c1. The molecule has 0 radical (unpaired) electrons. The van der Waals surface area contributed by atoms with Crippen LogP contribution in [0.15, 0.2) is 47.6 Å². The zero-order valence-electron chi connectivity index (χ0n) is 14.8. The van der Waals surface area contributed by atoms with Gasteiger partial charge in [0.15, 0.2) is 5.11 Å². The highest BCUT2D eigenvalue weighted by Crippen LogP contribution is 2.16. The van der Waals surface area contributed by atoms with Crippen LogP contribution in [0.4, 0.5) is 11.4 Å². The lowest BCUT2D eigenvalue weighted by Crippen LogP contribution is -2.25. The summed E-state index contributed by atoms with van der Waals surface area (Å²) >= 11 is 5.29. The van der Waals surface area contributed by atoms with E-state index in [1.54, 1.807) is 0 Å². The number of thiocarbonyl (C=S) groups is 1. The van der Waals surface area contributed by atoms with Crippen LogP contribution in [0.1, 0.15) is 30.5 Å². The van der Waals surface area contributed by atoms with Crippen molar-refractivity contribution in [1.82, 2.24) is 5.43 Å². The molecule has 0 unspecified atom stereocenters. The van der Waals surface area contributed by atoms with Gasteiger partial charge in [0.05, 0.1) is 5.71 Å². The van der Waals surface area contributed by atoms with Gasteiger partial charge in [0.1, 0.15) is 0 Å². The van der Waals surface area contributed by atoms with Gasteiger partial charge in [-0.05, 0) is 62.3 Å². The van der Waals surface area contributed by atoms with E-state index in [1.165, 1.54) is 12.5 Å². The van der Waals surface area contributed by atoms with E-state index in [9.17, 15) is 4.79 Å². The summed E-state index contributed by atoms with van der Waals surface area (Å²) in [4.78, 5) is 11.2. The first-order chi connectivity index (χ1) is 11.8. The number of aryl methyl sites for hydroxylation is 2. The molecule has 2 aromatic rings. The number of carbonyl (C=O) groups excluding carboxylic acids is 1. The molecule has 0 heterocycles. The van der Waals surface area contributed by atoms with Gasteiger partial charge in [-0.2, -0.15) is 5.10 Å². The highest BCUT2D eigenvalue weighted by atomic mass is 32.1. The highest BCUT2D eigenvalue weighted by molar-refractivity contribution is 7.80. The van der Waals surface area contributed by atoms with Gasteiger partial charge in [-0.1, -0.05) is 29.8 Å². The second-order valence-electron chi connectivity index (χ2n) is 5.84. The summed E-state index contributed by atoms with van der Waals surface area (Å²) in [5, 5.41) is 10.6. The van der Waals surface area contributed by atoms with E-state index >= 15 is 0 Å². The van der Waals surface area contributed by atoms with Gasteiger partial charge in [-0.3, -0.25) is 10.2 Å². The molecule has 0 aromatic heterocycles. The molecular weight excluding hydrogens is 332 g/mol. The average molecular weight is 354 g/mol. The van der Waals surface area contributed by atoms with E-state index < -0.39 is 0 Å². The van der Waals surface area contributed by atoms with E-state index in [0.29, 0.717) is 5.11 Å². The minimum atomic E-state index is -0.108. The first kappa shape index (κ1) is 18.6. The lowest BCUT2D eigenvalue weighted by atomic mass is 10.1. The molecule has 5 nitrogen and oxygen atoms in total. The lowest BCUT2D eigenvalue weighted by Gasteiger charge is -2.11. The molecule has 25 heavy (non-hydrogen) atoms. The second kappa shape index (κ2) is 8.39. The van der Waals surface area contributed by atoms with Crippen LogP contribution in [0.3, 0.4) is 0 Å². The first-order valence-corrected chi connectivity index (χ1v) is 8.32. The summed E-state index contributed by atoms with van der Waals surface area (Å²) in [7, 11) is 0. The Bertz CT molecular complexity index is 830. The normalized spacial score (nSPS) is 11.0. The minimum Gasteiger partial charge on any atom is -0.331 e. The smallest absolute Gasteiger partial charge is 0.221 e. The van der Waals surface area contributed by atoms with Gasteiger partial charge in [0.25, 0.3) is 0 Å². The number of hydrazone groups is 1. The molecule has 130 valence electrons. The van der Waals surface area contributed by atoms with Crippen molar-refractivity contribution in [3.05, 3.63) is 59.2 Å². The Hall–Kier alpha value is -2.73. The molecule has 2 aromatic carbocycles. The molecule has 0 fully saturated rings. The molecule has 0 spiro atoms. The Labute approximate surface area is 153 Å². The topological polar surface area (TPSA) is 65.5 Å². The van der Waals surface area contributed by atoms with E-state index in [0.717, 1.165) is 28.2 Å². The maximum atomic E-state index is 11.2. The Morgan fingerprint density at radius 3 is 2.48 bits per heavy atom. The number of nitrogens with zero attached hydrogens (tertiary/aromatic N) is 1. The number of rotatable bonds is 4. The fourth-order valence-corrected chi connectivity index (χ4v) is 2.48. The fraction of sp³-hybridized carbons (Fsp3) is 0.211. The molecule has 0 bridgehead atoms. The summed E-state index contributed by atoms with van der Waals surface area (Å²) in [6, 6.07) is 13.6. The highest BCUT2D eigenvalue weighted by Gasteiger charge is 2.03. The van der Waals surface area contributed by atoms with Crippen molar-refractivity contribution >= 4 is 40.3 Å². The van der Waals surface area contributed by atoms with Crippen LogP contribution in [0.5, 0.6) is 0 Å². The third kappa shape index (κ3) is 5.69. The Morgan fingerprint density at radius 1 is 1.04 bits per heavy atom. The predicted octanol–water partition coefficient (Wildman–Crippen LogP) is 3.97. The average Bonchev–Trinajstić information content (AvgIpc) is 2.55. The van der Waals surface area contributed by atoms with E-state index in [2.05, 4.69) is 34.2 Å². The van der Waals surface area contributed by atoms with Gasteiger partial charge >= 0.3 is 0 Å². The third-order valence-corrected chi connectivity index (χ3v) is 3.75. The molecule has 0 saturated carbocycles. The van der Waals surface area contributed by atoms with Crippen LogP contribution in [0.2, 0.25) is 0 Å². The van der Waals surface area contributed by atoms with Crippen LogP contribution in [0, 0.1) is 13.8 Å². The Kier molecular flexibility index (Phi) is 6.25. The molecule has 0 aliphatic carbocycles. The predicted molar refractivity (Wildman–Crippen MR) is 108 cm³/mol. The third-order valence-electron chi connectivity index (χ3n) is 3.56. The molecule has 0 saturated heterocycles. The summed E-state index contributed by atoms with van der Waals surface area (Å²) in [6.45, 7) is 7.43. The van der Waals surface area contributed by atoms with Crippen LogP contribution >= 0.6 is 12.2 Å². The van der Waals surface area contributed by atoms with Crippen LogP contribution in [-0.4, -0.2) is 16.7 Å². The van der Waals surface area contributed by atoms with Crippen LogP contribution in [-0.2, 0) is 4.79 Å². The lowest BCUT2D eigenvalue weighted by molar-refractivity contribution is -0.114. The zero-order chi connectivity index (χ0) is 18.4. The van der Waals surface area contributed by atoms with Crippen molar-refractivity contribution in [3.63, 3.8) is 0 Å². The number of hydrogen-bond acceptors (Lipinski definition) is 3. The number of nitrogens with one attached hydrogen (secondary N) is 3. The quantitative estimate of drug-likeness (QED) is 0.441. The summed E-state index contributed by atoms with van der Waals surface area (Å²) in [5.74, 6) is -0.108. The summed E-state index contributed by atoms with van der Waals surface area (Å²) in [5.41, 5.74) is 8.51. The van der Waals surface area contributed by atoms with Gasteiger partial charge in [0.2, 0.25) is 5.91 Å². The van der Waals surface area contributed by atoms with Crippen molar-refractivity contribution < 1.29 is 4.79 Å². The maximum Gasteiger partial charge on any atom is 0.221 e. The zero-order valence-corrected chi connectivity index (χ0v) is 15.6. The van der Waals surface area contributed by atoms with Crippen molar-refractivity contribution in [2.24, 2.45) is 5.10 Å². The van der Waals surface area contributed by atoms with Gasteiger partial charge in [-0.15, -0.1) is 0 Å². The number of hydrogen-bond donors (Lipinski definition) is 3. The second-order valence-corrected chi connectivity index (χ2v) is 6.25. The number of anilines is 2. The molecule has 2 rings (SSSR count). The molecule has 0 aliphatic heterocycles. The molecule has 0 aliphatic rings. The molecule has 0 atom stereocenters. The number of carbonyl (C=O) groups is 1. The van der Waals surface area contributed by atoms with Gasteiger partial charge in [0, 0.05) is 18.3 Å². The van der Waals surface area contributed by atoms with E-state index in [1.807, 2.05) is 50.2 Å². The summed E-state index contributed by atoms with van der Waals surface area (Å²) in [6.07, 6.45) is 0. The molecule has 1 amide bonds. The fourth-order valence-electron chi connectivity index (χ4n) is 2.33. The Morgan fingerprint density at radius 2 is 1.80 bits per heavy atom. The van der Waals surface area contributed by atoms with Crippen molar-refractivity contribution in [3.8, 4) is 0 Å². The maximum absolute atomic E-state index is 11.2. The largest absolute Gasteiger partial charge is 0.331 e. The number of amides is 1. The van der Waals surface area contributed by atoms with Crippen molar-refractivity contribution in [2.75, 3.05) is 10.6 Å². The Balaban J connectivity index is 2.02. The van der Waals surface area contributed by atoms with E-state index in [4.69, 9.17) is 12.2 Å². The molecular formula is C19H22N4OS. The van der Waals surface area contributed by atoms with Crippen LogP contribution in [0.25, 0.3) is 0 Å². The van der Waals surface area contributed by atoms with Crippen LogP contribution < -0.4 is 16.1 Å². The molecule has 3 N–H and O–H groups in total. The first-order valence-electron chi connectivity index (χ1n) is 7.91. The van der Waals surface area contributed by atoms with Gasteiger partial charge < -0.3 is 10.6 Å². The van der Waals surface area contributed by atoms with Crippen molar-refractivity contribution in [2.45, 2.75) is 27.7 Å². The molecule has 6 heteroatoms. The standard InChI is InChI=1S/C19H22N4OS/c1-12-8-9-18(13(2)10-12)21-19(25)23-22-14(3)16-6-5-7-17(11-16)20-15(4)24/h5-11H,1-4H3,(H,20,24)(H2,21,23,25). The number of benzene rings is 2. The van der Waals surface area contributed by atoms with Gasteiger partial charge in [-0.25, -0.2) is 0 Å². The monoisotopic (exact) mass is 354 g/mol. The van der Waals surface area contributed by atoms with Crippen molar-refractivity contribution in [1.29, 1.82) is 0 Å². The van der Waals surface area contributed by atoms with E-state index in [-0.39, 0.29) is 5.91 Å².